The van der Waals surface area contributed by atoms with Crippen molar-refractivity contribution in [3.8, 4) is 0 Å². The molecule has 4 nitrogen and oxygen atoms in total. The Labute approximate surface area is 128 Å². The second-order valence-electron chi connectivity index (χ2n) is 6.65. The first-order chi connectivity index (χ1) is 9.79. The van der Waals surface area contributed by atoms with Gasteiger partial charge in [0, 0.05) is 32.2 Å². The van der Waals surface area contributed by atoms with E-state index in [1.807, 2.05) is 18.2 Å². The van der Waals surface area contributed by atoms with E-state index in [1.54, 1.807) is 20.8 Å². The molecule has 0 saturated carbocycles. The first kappa shape index (κ1) is 16.5. The number of sulfone groups is 1. The molecule has 1 unspecified atom stereocenters. The van der Waals surface area contributed by atoms with Gasteiger partial charge >= 0.3 is 0 Å². The van der Waals surface area contributed by atoms with Crippen LogP contribution < -0.4 is 5.32 Å². The van der Waals surface area contributed by atoms with Crippen LogP contribution in [-0.2, 0) is 9.84 Å². The van der Waals surface area contributed by atoms with Gasteiger partial charge in [0.1, 0.15) is 0 Å². The summed E-state index contributed by atoms with van der Waals surface area (Å²) in [5.74, 6) is 0.234. The number of hydrogen-bond donors (Lipinski definition) is 1. The minimum absolute atomic E-state index is 0.234. The third-order valence-electron chi connectivity index (χ3n) is 4.07. The first-order valence-corrected chi connectivity index (χ1v) is 9.18. The molecule has 1 aliphatic heterocycles. The van der Waals surface area contributed by atoms with Gasteiger partial charge in [-0.15, -0.1) is 0 Å². The maximum absolute atomic E-state index is 12.2. The van der Waals surface area contributed by atoms with Gasteiger partial charge in [0.25, 0.3) is 0 Å². The molecule has 1 aromatic carbocycles. The van der Waals surface area contributed by atoms with Crippen molar-refractivity contribution in [1.29, 1.82) is 0 Å². The SMILES string of the molecule is CC(C)(C)S(=O)(=O)CCN1CCNC(c2ccccc2)C1. The van der Waals surface area contributed by atoms with Crippen molar-refractivity contribution in [2.24, 2.45) is 0 Å². The molecule has 118 valence electrons. The van der Waals surface area contributed by atoms with Crippen LogP contribution in [0.1, 0.15) is 32.4 Å². The lowest BCUT2D eigenvalue weighted by atomic mass is 10.0. The van der Waals surface area contributed by atoms with E-state index in [4.69, 9.17) is 0 Å². The van der Waals surface area contributed by atoms with Crippen LogP contribution in [-0.4, -0.2) is 50.0 Å². The Bertz CT molecular complexity index is 549. The van der Waals surface area contributed by atoms with Crippen LogP contribution in [0, 0.1) is 0 Å². The Kier molecular flexibility index (Phi) is 5.07. The molecule has 0 spiro atoms. The lowest BCUT2D eigenvalue weighted by molar-refractivity contribution is 0.210. The highest BCUT2D eigenvalue weighted by Crippen LogP contribution is 2.19. The van der Waals surface area contributed by atoms with Gasteiger partial charge in [-0.2, -0.15) is 0 Å². The van der Waals surface area contributed by atoms with Crippen LogP contribution in [0.2, 0.25) is 0 Å². The van der Waals surface area contributed by atoms with Crippen molar-refractivity contribution in [2.75, 3.05) is 31.9 Å². The quantitative estimate of drug-likeness (QED) is 0.922. The fourth-order valence-corrected chi connectivity index (χ4v) is 3.59. The third-order valence-corrected chi connectivity index (χ3v) is 6.66. The maximum Gasteiger partial charge on any atom is 0.156 e. The monoisotopic (exact) mass is 310 g/mol. The lowest BCUT2D eigenvalue weighted by Gasteiger charge is -2.34. The van der Waals surface area contributed by atoms with E-state index in [2.05, 4.69) is 22.3 Å². The summed E-state index contributed by atoms with van der Waals surface area (Å²) in [7, 11) is -3.04. The topological polar surface area (TPSA) is 49.4 Å². The average Bonchev–Trinajstić information content (AvgIpc) is 2.45. The number of rotatable bonds is 4. The van der Waals surface area contributed by atoms with E-state index >= 15 is 0 Å². The summed E-state index contributed by atoms with van der Waals surface area (Å²) in [5.41, 5.74) is 1.26. The summed E-state index contributed by atoms with van der Waals surface area (Å²) in [6, 6.07) is 10.6. The molecule has 0 radical (unpaired) electrons. The normalized spacial score (nSPS) is 21.4. The van der Waals surface area contributed by atoms with E-state index in [-0.39, 0.29) is 11.8 Å². The molecule has 5 heteroatoms. The molecule has 0 aliphatic carbocycles. The summed E-state index contributed by atoms with van der Waals surface area (Å²) >= 11 is 0. The zero-order valence-corrected chi connectivity index (χ0v) is 14.0. The predicted octanol–water partition coefficient (Wildman–Crippen LogP) is 1.85. The second-order valence-corrected chi connectivity index (χ2v) is 9.51. The average molecular weight is 310 g/mol. The van der Waals surface area contributed by atoms with Gasteiger partial charge in [0.2, 0.25) is 0 Å². The zero-order valence-electron chi connectivity index (χ0n) is 13.2. The van der Waals surface area contributed by atoms with E-state index in [0.717, 1.165) is 19.6 Å². The first-order valence-electron chi connectivity index (χ1n) is 7.52. The van der Waals surface area contributed by atoms with Crippen molar-refractivity contribution in [1.82, 2.24) is 10.2 Å². The van der Waals surface area contributed by atoms with Crippen LogP contribution in [0.15, 0.2) is 30.3 Å². The van der Waals surface area contributed by atoms with Crippen molar-refractivity contribution >= 4 is 9.84 Å². The van der Waals surface area contributed by atoms with Crippen molar-refractivity contribution in [3.05, 3.63) is 35.9 Å². The highest BCUT2D eigenvalue weighted by Gasteiger charge is 2.30. The molecule has 1 aliphatic rings. The van der Waals surface area contributed by atoms with E-state index in [0.29, 0.717) is 6.54 Å². The molecule has 21 heavy (non-hydrogen) atoms. The smallest absolute Gasteiger partial charge is 0.156 e. The van der Waals surface area contributed by atoms with Gasteiger partial charge < -0.3 is 5.32 Å². The standard InChI is InChI=1S/C16H26N2O2S/c1-16(2,3)21(19,20)12-11-18-10-9-17-15(13-18)14-7-5-4-6-8-14/h4-8,15,17H,9-13H2,1-3H3. The Morgan fingerprint density at radius 2 is 1.90 bits per heavy atom. The molecule has 0 bridgehead atoms. The van der Waals surface area contributed by atoms with Gasteiger partial charge in [-0.25, -0.2) is 8.42 Å². The molecule has 1 heterocycles. The molecule has 1 N–H and O–H groups in total. The van der Waals surface area contributed by atoms with Gasteiger partial charge in [-0.1, -0.05) is 30.3 Å². The summed E-state index contributed by atoms with van der Waals surface area (Å²) in [6.45, 7) is 8.60. The van der Waals surface area contributed by atoms with Gasteiger partial charge in [-0.05, 0) is 26.3 Å². The minimum Gasteiger partial charge on any atom is -0.308 e. The predicted molar refractivity (Wildman–Crippen MR) is 87.2 cm³/mol. The number of hydrogen-bond acceptors (Lipinski definition) is 4. The van der Waals surface area contributed by atoms with Crippen molar-refractivity contribution in [3.63, 3.8) is 0 Å². The fraction of sp³-hybridized carbons (Fsp3) is 0.625. The van der Waals surface area contributed by atoms with Crippen LogP contribution in [0.4, 0.5) is 0 Å². The molecular formula is C16H26N2O2S. The number of piperazine rings is 1. The van der Waals surface area contributed by atoms with Gasteiger partial charge in [-0.3, -0.25) is 4.90 Å². The molecule has 1 atom stereocenters. The fourth-order valence-electron chi connectivity index (χ4n) is 2.48. The van der Waals surface area contributed by atoms with Crippen molar-refractivity contribution in [2.45, 2.75) is 31.6 Å². The Balaban J connectivity index is 1.94. The molecule has 1 saturated heterocycles. The molecule has 1 fully saturated rings. The molecule has 1 aromatic rings. The van der Waals surface area contributed by atoms with Crippen LogP contribution in [0.5, 0.6) is 0 Å². The zero-order chi connectivity index (χ0) is 15.5. The molecular weight excluding hydrogens is 284 g/mol. The van der Waals surface area contributed by atoms with Crippen molar-refractivity contribution < 1.29 is 8.42 Å². The lowest BCUT2D eigenvalue weighted by Crippen LogP contribution is -2.48. The largest absolute Gasteiger partial charge is 0.308 e. The highest BCUT2D eigenvalue weighted by molar-refractivity contribution is 7.92. The number of nitrogens with zero attached hydrogens (tertiary/aromatic N) is 1. The number of nitrogens with one attached hydrogen (secondary N) is 1. The highest BCUT2D eigenvalue weighted by atomic mass is 32.2. The molecule has 0 amide bonds. The van der Waals surface area contributed by atoms with E-state index < -0.39 is 14.6 Å². The van der Waals surface area contributed by atoms with Gasteiger partial charge in [0.15, 0.2) is 9.84 Å². The van der Waals surface area contributed by atoms with Crippen LogP contribution >= 0.6 is 0 Å². The minimum atomic E-state index is -3.04. The van der Waals surface area contributed by atoms with E-state index in [1.165, 1.54) is 5.56 Å². The maximum atomic E-state index is 12.2. The Hall–Kier alpha value is -0.910. The van der Waals surface area contributed by atoms with Crippen LogP contribution in [0.25, 0.3) is 0 Å². The summed E-state index contributed by atoms with van der Waals surface area (Å²) in [4.78, 5) is 2.25. The summed E-state index contributed by atoms with van der Waals surface area (Å²) in [6.07, 6.45) is 0. The van der Waals surface area contributed by atoms with Crippen LogP contribution in [0.3, 0.4) is 0 Å². The summed E-state index contributed by atoms with van der Waals surface area (Å²) < 4.78 is 23.7. The Morgan fingerprint density at radius 3 is 2.52 bits per heavy atom. The Morgan fingerprint density at radius 1 is 1.24 bits per heavy atom. The second kappa shape index (κ2) is 6.46. The molecule has 0 aromatic heterocycles. The van der Waals surface area contributed by atoms with E-state index in [9.17, 15) is 8.42 Å². The summed E-state index contributed by atoms with van der Waals surface area (Å²) in [5, 5.41) is 3.50. The molecule has 2 rings (SSSR count). The third kappa shape index (κ3) is 4.28. The number of benzene rings is 1. The van der Waals surface area contributed by atoms with Gasteiger partial charge in [0.05, 0.1) is 10.5 Å².